The van der Waals surface area contributed by atoms with Crippen LogP contribution in [0.4, 0.5) is 5.69 Å². The van der Waals surface area contributed by atoms with Crippen LogP contribution in [0.3, 0.4) is 0 Å². The van der Waals surface area contributed by atoms with Gasteiger partial charge in [0.15, 0.2) is 11.5 Å². The van der Waals surface area contributed by atoms with Gasteiger partial charge in [0.25, 0.3) is 10.0 Å². The van der Waals surface area contributed by atoms with Crippen molar-refractivity contribution >= 4 is 39.1 Å². The lowest BCUT2D eigenvalue weighted by Crippen LogP contribution is -2.52. The summed E-state index contributed by atoms with van der Waals surface area (Å²) < 4.78 is 45.7. The second kappa shape index (κ2) is 16.2. The Labute approximate surface area is 264 Å². The van der Waals surface area contributed by atoms with Gasteiger partial charge in [-0.25, -0.2) is 8.42 Å². The van der Waals surface area contributed by atoms with Crippen LogP contribution >= 0.6 is 11.6 Å². The van der Waals surface area contributed by atoms with Gasteiger partial charge in [0.2, 0.25) is 11.8 Å². The molecule has 3 rings (SSSR count). The van der Waals surface area contributed by atoms with Crippen molar-refractivity contribution in [2.24, 2.45) is 0 Å². The number of sulfonamides is 1. The van der Waals surface area contributed by atoms with Gasteiger partial charge in [-0.05, 0) is 48.7 Å². The van der Waals surface area contributed by atoms with Crippen LogP contribution in [0.15, 0.2) is 71.6 Å². The van der Waals surface area contributed by atoms with Gasteiger partial charge in [0.05, 0.1) is 31.9 Å². The van der Waals surface area contributed by atoms with Crippen LogP contribution in [0, 0.1) is 0 Å². The van der Waals surface area contributed by atoms with Crippen molar-refractivity contribution in [1.82, 2.24) is 10.2 Å². The Balaban J connectivity index is 2.14. The lowest BCUT2D eigenvalue weighted by atomic mass is 10.1. The molecule has 3 aromatic rings. The van der Waals surface area contributed by atoms with Crippen LogP contribution in [0.25, 0.3) is 0 Å². The summed E-state index contributed by atoms with van der Waals surface area (Å²) in [5, 5.41) is 3.16. The SMILES string of the molecule is CCCCNC(=O)[C@H](CC)N(Cc1ccccc1)C(=O)CN(c1cc(Cl)ccc1OC)S(=O)(=O)c1ccc(OC)c(OC)c1. The number of rotatable bonds is 16. The number of halogens is 1. The maximum Gasteiger partial charge on any atom is 0.265 e. The van der Waals surface area contributed by atoms with Gasteiger partial charge in [-0.1, -0.05) is 62.2 Å². The van der Waals surface area contributed by atoms with E-state index in [4.69, 9.17) is 25.8 Å². The van der Waals surface area contributed by atoms with E-state index in [1.54, 1.807) is 6.07 Å². The van der Waals surface area contributed by atoms with Gasteiger partial charge in [-0.2, -0.15) is 0 Å². The smallest absolute Gasteiger partial charge is 0.265 e. The number of nitrogens with zero attached hydrogens (tertiary/aromatic N) is 2. The molecule has 3 aromatic carbocycles. The highest BCUT2D eigenvalue weighted by atomic mass is 35.5. The predicted molar refractivity (Wildman–Crippen MR) is 171 cm³/mol. The first-order valence-electron chi connectivity index (χ1n) is 14.3. The molecule has 238 valence electrons. The maximum absolute atomic E-state index is 14.3. The van der Waals surface area contributed by atoms with E-state index < -0.39 is 28.5 Å². The lowest BCUT2D eigenvalue weighted by molar-refractivity contribution is -0.140. The first kappa shape index (κ1) is 34.5. The molecule has 0 fully saturated rings. The predicted octanol–water partition coefficient (Wildman–Crippen LogP) is 5.28. The Hall–Kier alpha value is -3.96. The highest BCUT2D eigenvalue weighted by Crippen LogP contribution is 2.37. The van der Waals surface area contributed by atoms with E-state index in [1.807, 2.05) is 44.2 Å². The third-order valence-corrected chi connectivity index (χ3v) is 9.03. The molecule has 1 atom stereocenters. The Morgan fingerprint density at radius 2 is 1.55 bits per heavy atom. The number of benzene rings is 3. The average molecular weight is 646 g/mol. The van der Waals surface area contributed by atoms with Gasteiger partial charge in [0, 0.05) is 24.2 Å². The summed E-state index contributed by atoms with van der Waals surface area (Å²) >= 11 is 6.32. The zero-order valence-electron chi connectivity index (χ0n) is 25.7. The van der Waals surface area contributed by atoms with E-state index in [0.717, 1.165) is 22.7 Å². The molecule has 0 aliphatic heterocycles. The molecule has 1 N–H and O–H groups in total. The number of anilines is 1. The summed E-state index contributed by atoms with van der Waals surface area (Å²) in [7, 11) is -0.189. The highest BCUT2D eigenvalue weighted by Gasteiger charge is 2.35. The molecule has 44 heavy (non-hydrogen) atoms. The average Bonchev–Trinajstić information content (AvgIpc) is 3.03. The molecule has 0 aromatic heterocycles. The summed E-state index contributed by atoms with van der Waals surface area (Å²) in [4.78, 5) is 28.9. The van der Waals surface area contributed by atoms with Gasteiger partial charge in [0.1, 0.15) is 18.3 Å². The number of hydrogen-bond acceptors (Lipinski definition) is 7. The van der Waals surface area contributed by atoms with Crippen molar-refractivity contribution in [1.29, 1.82) is 0 Å². The fourth-order valence-corrected chi connectivity index (χ4v) is 6.28. The van der Waals surface area contributed by atoms with Crippen molar-refractivity contribution in [2.75, 3.05) is 38.7 Å². The number of methoxy groups -OCH3 is 3. The molecule has 0 heterocycles. The van der Waals surface area contributed by atoms with Gasteiger partial charge < -0.3 is 24.4 Å². The Morgan fingerprint density at radius 1 is 0.886 bits per heavy atom. The number of carbonyl (C=O) groups excluding carboxylic acids is 2. The molecular formula is C32H40ClN3O7S. The summed E-state index contributed by atoms with van der Waals surface area (Å²) in [5.41, 5.74) is 0.846. The van der Waals surface area contributed by atoms with Crippen LogP contribution in [-0.4, -0.2) is 65.6 Å². The molecule has 2 amide bonds. The fourth-order valence-electron chi connectivity index (χ4n) is 4.68. The molecule has 0 saturated carbocycles. The Bertz CT molecular complexity index is 1520. The Kier molecular flexibility index (Phi) is 12.7. The van der Waals surface area contributed by atoms with E-state index in [-0.39, 0.29) is 39.6 Å². The second-order valence-corrected chi connectivity index (χ2v) is 12.2. The standard InChI is InChI=1S/C32H40ClN3O7S/c1-6-8-18-34-32(38)26(7-2)35(21-23-12-10-9-11-13-23)31(37)22-36(27-19-24(33)14-16-28(27)41-3)44(39,40)25-15-17-29(42-4)30(20-25)43-5/h9-17,19-20,26H,6-8,18,21-22H2,1-5H3,(H,34,38)/t26-/m0/s1. The summed E-state index contributed by atoms with van der Waals surface area (Å²) in [6.45, 7) is 3.76. The summed E-state index contributed by atoms with van der Waals surface area (Å²) in [6, 6.07) is 17.0. The first-order valence-corrected chi connectivity index (χ1v) is 16.1. The lowest BCUT2D eigenvalue weighted by Gasteiger charge is -2.33. The Morgan fingerprint density at radius 3 is 2.16 bits per heavy atom. The van der Waals surface area contributed by atoms with Crippen molar-refractivity contribution in [3.8, 4) is 17.2 Å². The highest BCUT2D eigenvalue weighted by molar-refractivity contribution is 7.92. The molecule has 0 spiro atoms. The molecule has 12 heteroatoms. The minimum absolute atomic E-state index is 0.0586. The van der Waals surface area contributed by atoms with Gasteiger partial charge >= 0.3 is 0 Å². The molecule has 0 aliphatic rings. The largest absolute Gasteiger partial charge is 0.495 e. The first-order chi connectivity index (χ1) is 21.1. The monoisotopic (exact) mass is 645 g/mol. The zero-order valence-corrected chi connectivity index (χ0v) is 27.3. The molecule has 0 bridgehead atoms. The normalized spacial score (nSPS) is 11.8. The minimum atomic E-state index is -4.42. The van der Waals surface area contributed by atoms with E-state index >= 15 is 0 Å². The van der Waals surface area contributed by atoms with Crippen molar-refractivity contribution in [3.63, 3.8) is 0 Å². The third kappa shape index (κ3) is 8.35. The third-order valence-electron chi connectivity index (χ3n) is 7.04. The number of nitrogens with one attached hydrogen (secondary N) is 1. The molecule has 0 aliphatic carbocycles. The summed E-state index contributed by atoms with van der Waals surface area (Å²) in [6.07, 6.45) is 2.01. The van der Waals surface area contributed by atoms with Crippen molar-refractivity contribution in [3.05, 3.63) is 77.3 Å². The molecule has 10 nitrogen and oxygen atoms in total. The molecular weight excluding hydrogens is 606 g/mol. The van der Waals surface area contributed by atoms with Crippen molar-refractivity contribution < 1.29 is 32.2 Å². The summed E-state index contributed by atoms with van der Waals surface area (Å²) in [5.74, 6) is -0.177. The number of carbonyl (C=O) groups is 2. The minimum Gasteiger partial charge on any atom is -0.495 e. The fraction of sp³-hybridized carbons (Fsp3) is 0.375. The van der Waals surface area contributed by atoms with Crippen LogP contribution in [0.5, 0.6) is 17.2 Å². The maximum atomic E-state index is 14.3. The van der Waals surface area contributed by atoms with Crippen molar-refractivity contribution in [2.45, 2.75) is 50.6 Å². The van der Waals surface area contributed by atoms with Crippen LogP contribution in [0.2, 0.25) is 5.02 Å². The van der Waals surface area contributed by atoms with Gasteiger partial charge in [-0.3, -0.25) is 13.9 Å². The second-order valence-electron chi connectivity index (χ2n) is 9.92. The van der Waals surface area contributed by atoms with Gasteiger partial charge in [-0.15, -0.1) is 0 Å². The van der Waals surface area contributed by atoms with E-state index in [9.17, 15) is 18.0 Å². The van der Waals surface area contributed by atoms with E-state index in [2.05, 4.69) is 5.32 Å². The molecule has 0 unspecified atom stereocenters. The van der Waals surface area contributed by atoms with Crippen LogP contribution in [-0.2, 0) is 26.2 Å². The van der Waals surface area contributed by atoms with E-state index in [0.29, 0.717) is 18.7 Å². The number of hydrogen-bond donors (Lipinski definition) is 1. The topological polar surface area (TPSA) is 114 Å². The van der Waals surface area contributed by atoms with Crippen LogP contribution < -0.4 is 23.8 Å². The quantitative estimate of drug-likeness (QED) is 0.211. The zero-order chi connectivity index (χ0) is 32.3. The van der Waals surface area contributed by atoms with E-state index in [1.165, 1.54) is 56.6 Å². The molecule has 0 radical (unpaired) electrons. The van der Waals surface area contributed by atoms with Crippen LogP contribution in [0.1, 0.15) is 38.7 Å². The molecule has 0 saturated heterocycles. The number of ether oxygens (including phenoxy) is 3. The number of unbranched alkanes of at least 4 members (excludes halogenated alkanes) is 1. The number of amides is 2.